The molecular weight excluding hydrogens is 152 g/mol. The van der Waals surface area contributed by atoms with Crippen molar-refractivity contribution in [3.63, 3.8) is 0 Å². The Bertz CT molecular complexity index is 294. The van der Waals surface area contributed by atoms with Crippen LogP contribution in [0.1, 0.15) is 24.2 Å². The number of rotatable bonds is 2. The van der Waals surface area contributed by atoms with Gasteiger partial charge in [0, 0.05) is 19.5 Å². The van der Waals surface area contributed by atoms with Crippen molar-refractivity contribution in [2.75, 3.05) is 7.11 Å². The Morgan fingerprint density at radius 2 is 2.00 bits per heavy atom. The molecule has 1 aliphatic carbocycles. The third-order valence-electron chi connectivity index (χ3n) is 2.41. The van der Waals surface area contributed by atoms with Crippen molar-refractivity contribution in [2.24, 2.45) is 0 Å². The molecule has 64 valence electrons. The second-order valence-corrected chi connectivity index (χ2v) is 3.19. The molecule has 1 aromatic rings. The fourth-order valence-corrected chi connectivity index (χ4v) is 1.51. The summed E-state index contributed by atoms with van der Waals surface area (Å²) in [4.78, 5) is 8.49. The van der Waals surface area contributed by atoms with Crippen LogP contribution < -0.4 is 0 Å². The van der Waals surface area contributed by atoms with Crippen molar-refractivity contribution in [3.05, 3.63) is 23.8 Å². The predicted octanol–water partition coefficient (Wildman–Crippen LogP) is 1.42. The standard InChI is InChI=1S/C9H12N2O/c1-7-8(11-6-5-10-7)9(12-2)3-4-9/h5-6H,3-4H2,1-2H3. The first-order valence-corrected chi connectivity index (χ1v) is 4.12. The molecule has 0 bridgehead atoms. The number of ether oxygens (including phenoxy) is 1. The molecule has 0 radical (unpaired) electrons. The summed E-state index contributed by atoms with van der Waals surface area (Å²) in [6.07, 6.45) is 5.58. The van der Waals surface area contributed by atoms with Gasteiger partial charge in [-0.2, -0.15) is 0 Å². The van der Waals surface area contributed by atoms with Gasteiger partial charge >= 0.3 is 0 Å². The Morgan fingerprint density at radius 3 is 2.50 bits per heavy atom. The molecule has 2 rings (SSSR count). The number of hydrogen-bond acceptors (Lipinski definition) is 3. The zero-order chi connectivity index (χ0) is 8.60. The lowest BCUT2D eigenvalue weighted by Crippen LogP contribution is -2.13. The maximum absolute atomic E-state index is 5.41. The Balaban J connectivity index is 2.40. The Hall–Kier alpha value is -0.960. The van der Waals surface area contributed by atoms with Gasteiger partial charge in [0.15, 0.2) is 0 Å². The van der Waals surface area contributed by atoms with E-state index >= 15 is 0 Å². The van der Waals surface area contributed by atoms with Crippen LogP contribution in [-0.2, 0) is 10.3 Å². The molecule has 0 N–H and O–H groups in total. The molecule has 0 unspecified atom stereocenters. The van der Waals surface area contributed by atoms with Gasteiger partial charge in [-0.3, -0.25) is 9.97 Å². The van der Waals surface area contributed by atoms with Crippen molar-refractivity contribution in [1.29, 1.82) is 0 Å². The van der Waals surface area contributed by atoms with Gasteiger partial charge in [0.25, 0.3) is 0 Å². The zero-order valence-corrected chi connectivity index (χ0v) is 7.37. The lowest BCUT2D eigenvalue weighted by Gasteiger charge is -2.13. The van der Waals surface area contributed by atoms with Gasteiger partial charge < -0.3 is 4.74 Å². The molecule has 0 atom stereocenters. The van der Waals surface area contributed by atoms with Crippen molar-refractivity contribution in [3.8, 4) is 0 Å². The quantitative estimate of drug-likeness (QED) is 0.663. The predicted molar refractivity (Wildman–Crippen MR) is 44.7 cm³/mol. The summed E-state index contributed by atoms with van der Waals surface area (Å²) >= 11 is 0. The van der Waals surface area contributed by atoms with Crippen LogP contribution in [-0.4, -0.2) is 17.1 Å². The molecular formula is C9H12N2O. The van der Waals surface area contributed by atoms with Crippen LogP contribution in [0.3, 0.4) is 0 Å². The smallest absolute Gasteiger partial charge is 0.112 e. The first-order chi connectivity index (χ1) is 5.78. The van der Waals surface area contributed by atoms with Crippen LogP contribution in [0.15, 0.2) is 12.4 Å². The van der Waals surface area contributed by atoms with Crippen molar-refractivity contribution in [1.82, 2.24) is 9.97 Å². The highest BCUT2D eigenvalue weighted by atomic mass is 16.5. The average molecular weight is 164 g/mol. The van der Waals surface area contributed by atoms with Crippen LogP contribution in [0.5, 0.6) is 0 Å². The van der Waals surface area contributed by atoms with Gasteiger partial charge in [0.05, 0.1) is 11.4 Å². The minimum atomic E-state index is -0.0989. The van der Waals surface area contributed by atoms with Crippen LogP contribution in [0.25, 0.3) is 0 Å². The van der Waals surface area contributed by atoms with E-state index in [1.165, 1.54) is 0 Å². The van der Waals surface area contributed by atoms with Gasteiger partial charge in [-0.15, -0.1) is 0 Å². The summed E-state index contributed by atoms with van der Waals surface area (Å²) in [6.45, 7) is 1.97. The largest absolute Gasteiger partial charge is 0.372 e. The summed E-state index contributed by atoms with van der Waals surface area (Å²) in [6, 6.07) is 0. The normalized spacial score (nSPS) is 19.2. The third-order valence-corrected chi connectivity index (χ3v) is 2.41. The van der Waals surface area contributed by atoms with E-state index in [9.17, 15) is 0 Å². The zero-order valence-electron chi connectivity index (χ0n) is 7.37. The van der Waals surface area contributed by atoms with E-state index in [0.717, 1.165) is 24.2 Å². The molecule has 1 heterocycles. The van der Waals surface area contributed by atoms with E-state index < -0.39 is 0 Å². The minimum Gasteiger partial charge on any atom is -0.372 e. The lowest BCUT2D eigenvalue weighted by molar-refractivity contribution is 0.0742. The molecule has 0 amide bonds. The topological polar surface area (TPSA) is 35.0 Å². The summed E-state index contributed by atoms with van der Waals surface area (Å²) in [5.41, 5.74) is 1.89. The number of hydrogen-bond donors (Lipinski definition) is 0. The lowest BCUT2D eigenvalue weighted by atomic mass is 10.2. The molecule has 12 heavy (non-hydrogen) atoms. The molecule has 0 spiro atoms. The number of aryl methyl sites for hydroxylation is 1. The molecule has 0 aromatic carbocycles. The van der Waals surface area contributed by atoms with E-state index in [1.54, 1.807) is 19.5 Å². The van der Waals surface area contributed by atoms with E-state index in [0.29, 0.717) is 0 Å². The molecule has 1 fully saturated rings. The molecule has 3 heteroatoms. The average Bonchev–Trinajstić information content (AvgIpc) is 2.86. The number of methoxy groups -OCH3 is 1. The minimum absolute atomic E-state index is 0.0989. The van der Waals surface area contributed by atoms with Crippen LogP contribution in [0.4, 0.5) is 0 Å². The maximum Gasteiger partial charge on any atom is 0.112 e. The number of nitrogens with zero attached hydrogens (tertiary/aromatic N) is 2. The molecule has 1 aromatic heterocycles. The maximum atomic E-state index is 5.41. The number of aromatic nitrogens is 2. The van der Waals surface area contributed by atoms with Gasteiger partial charge in [-0.25, -0.2) is 0 Å². The molecule has 1 saturated carbocycles. The molecule has 0 aliphatic heterocycles. The Kier molecular flexibility index (Phi) is 1.61. The third kappa shape index (κ3) is 1.01. The highest BCUT2D eigenvalue weighted by molar-refractivity contribution is 5.23. The summed E-state index contributed by atoms with van der Waals surface area (Å²) in [5, 5.41) is 0. The van der Waals surface area contributed by atoms with Crippen LogP contribution >= 0.6 is 0 Å². The second-order valence-electron chi connectivity index (χ2n) is 3.19. The molecule has 1 aliphatic rings. The monoisotopic (exact) mass is 164 g/mol. The second kappa shape index (κ2) is 2.52. The Morgan fingerprint density at radius 1 is 1.33 bits per heavy atom. The van der Waals surface area contributed by atoms with E-state index in [1.807, 2.05) is 6.92 Å². The molecule has 3 nitrogen and oxygen atoms in total. The van der Waals surface area contributed by atoms with E-state index in [4.69, 9.17) is 4.74 Å². The van der Waals surface area contributed by atoms with Gasteiger partial charge in [0.1, 0.15) is 5.60 Å². The van der Waals surface area contributed by atoms with Crippen molar-refractivity contribution < 1.29 is 4.74 Å². The van der Waals surface area contributed by atoms with Gasteiger partial charge in [-0.1, -0.05) is 0 Å². The van der Waals surface area contributed by atoms with Crippen molar-refractivity contribution in [2.45, 2.75) is 25.4 Å². The van der Waals surface area contributed by atoms with Gasteiger partial charge in [-0.05, 0) is 19.8 Å². The SMILES string of the molecule is COC1(c2nccnc2C)CC1. The summed E-state index contributed by atoms with van der Waals surface area (Å²) in [5.74, 6) is 0. The first-order valence-electron chi connectivity index (χ1n) is 4.12. The van der Waals surface area contributed by atoms with Gasteiger partial charge in [0.2, 0.25) is 0 Å². The highest BCUT2D eigenvalue weighted by Gasteiger charge is 2.47. The summed E-state index contributed by atoms with van der Waals surface area (Å²) < 4.78 is 5.41. The summed E-state index contributed by atoms with van der Waals surface area (Å²) in [7, 11) is 1.74. The van der Waals surface area contributed by atoms with E-state index in [2.05, 4.69) is 9.97 Å². The van der Waals surface area contributed by atoms with Crippen LogP contribution in [0.2, 0.25) is 0 Å². The fourth-order valence-electron chi connectivity index (χ4n) is 1.51. The Labute approximate surface area is 71.8 Å². The fraction of sp³-hybridized carbons (Fsp3) is 0.556. The van der Waals surface area contributed by atoms with E-state index in [-0.39, 0.29) is 5.60 Å². The first kappa shape index (κ1) is 7.68. The van der Waals surface area contributed by atoms with Crippen LogP contribution in [0, 0.1) is 6.92 Å². The highest BCUT2D eigenvalue weighted by Crippen LogP contribution is 2.48. The van der Waals surface area contributed by atoms with Crippen molar-refractivity contribution >= 4 is 0 Å². The molecule has 0 saturated heterocycles.